The second-order valence-corrected chi connectivity index (χ2v) is 8.25. The molecule has 2 aromatic carbocycles. The van der Waals surface area contributed by atoms with Gasteiger partial charge in [-0.2, -0.15) is 0 Å². The van der Waals surface area contributed by atoms with Gasteiger partial charge in [-0.25, -0.2) is 0 Å². The van der Waals surface area contributed by atoms with E-state index in [0.717, 1.165) is 40.4 Å². The third kappa shape index (κ3) is 3.08. The van der Waals surface area contributed by atoms with Gasteiger partial charge < -0.3 is 5.32 Å². The van der Waals surface area contributed by atoms with Crippen LogP contribution in [0.1, 0.15) is 40.5 Å². The van der Waals surface area contributed by atoms with Crippen molar-refractivity contribution in [1.29, 1.82) is 0 Å². The number of carbonyl (C=O) groups is 2. The van der Waals surface area contributed by atoms with Crippen LogP contribution in [-0.4, -0.2) is 11.7 Å². The van der Waals surface area contributed by atoms with Crippen molar-refractivity contribution in [3.8, 4) is 0 Å². The lowest BCUT2D eigenvalue weighted by Crippen LogP contribution is -2.37. The maximum absolute atomic E-state index is 13.8. The molecule has 1 atom stereocenters. The summed E-state index contributed by atoms with van der Waals surface area (Å²) in [6, 6.07) is 20.7. The zero-order valence-electron chi connectivity index (χ0n) is 15.8. The van der Waals surface area contributed by atoms with Gasteiger partial charge in [0.2, 0.25) is 0 Å². The quantitative estimate of drug-likeness (QED) is 0.612. The number of allylic oxidation sites excluding steroid dienone is 1. The number of hydrogen-bond donors (Lipinski definition) is 1. The van der Waals surface area contributed by atoms with Crippen LogP contribution in [0.2, 0.25) is 0 Å². The SMILES string of the molecule is O=C1CCCC2=C1[C@@H](c1cccs1)N(C(=O)c1ccccc1)c1ccccc1N2. The van der Waals surface area contributed by atoms with Crippen LogP contribution in [0.5, 0.6) is 0 Å². The molecule has 144 valence electrons. The van der Waals surface area contributed by atoms with Crippen LogP contribution in [0.3, 0.4) is 0 Å². The molecule has 1 aliphatic carbocycles. The summed E-state index contributed by atoms with van der Waals surface area (Å²) >= 11 is 1.58. The molecule has 0 spiro atoms. The molecule has 1 amide bonds. The highest BCUT2D eigenvalue weighted by molar-refractivity contribution is 7.10. The van der Waals surface area contributed by atoms with Gasteiger partial charge in [0.1, 0.15) is 6.04 Å². The molecule has 4 nitrogen and oxygen atoms in total. The Hall–Kier alpha value is -3.18. The van der Waals surface area contributed by atoms with Crippen molar-refractivity contribution >= 4 is 34.4 Å². The number of thiophene rings is 1. The molecule has 1 aliphatic heterocycles. The fourth-order valence-electron chi connectivity index (χ4n) is 4.19. The summed E-state index contributed by atoms with van der Waals surface area (Å²) in [6.07, 6.45) is 2.16. The number of hydrogen-bond acceptors (Lipinski definition) is 4. The summed E-state index contributed by atoms with van der Waals surface area (Å²) < 4.78 is 0. The molecule has 29 heavy (non-hydrogen) atoms. The highest BCUT2D eigenvalue weighted by Crippen LogP contribution is 2.46. The van der Waals surface area contributed by atoms with Crippen molar-refractivity contribution in [2.75, 3.05) is 10.2 Å². The average Bonchev–Trinajstić information content (AvgIpc) is 3.23. The average molecular weight is 401 g/mol. The molecule has 1 N–H and O–H groups in total. The van der Waals surface area contributed by atoms with Crippen LogP contribution in [-0.2, 0) is 4.79 Å². The third-order valence-corrected chi connectivity index (χ3v) is 6.41. The number of amides is 1. The lowest BCUT2D eigenvalue weighted by Gasteiger charge is -2.33. The summed E-state index contributed by atoms with van der Waals surface area (Å²) in [7, 11) is 0. The largest absolute Gasteiger partial charge is 0.357 e. The van der Waals surface area contributed by atoms with Crippen LogP contribution >= 0.6 is 11.3 Å². The first-order valence-corrected chi connectivity index (χ1v) is 10.7. The predicted octanol–water partition coefficient (Wildman–Crippen LogP) is 5.57. The van der Waals surface area contributed by atoms with Gasteiger partial charge in [-0.05, 0) is 48.6 Å². The minimum atomic E-state index is -0.429. The van der Waals surface area contributed by atoms with Crippen molar-refractivity contribution in [2.45, 2.75) is 25.3 Å². The Balaban J connectivity index is 1.77. The number of nitrogens with one attached hydrogen (secondary N) is 1. The minimum Gasteiger partial charge on any atom is -0.357 e. The topological polar surface area (TPSA) is 49.4 Å². The Bertz CT molecular complexity index is 1100. The summed E-state index contributed by atoms with van der Waals surface area (Å²) in [5, 5.41) is 5.49. The smallest absolute Gasteiger partial charge is 0.259 e. The Kier molecular flexibility index (Phi) is 4.52. The van der Waals surface area contributed by atoms with Gasteiger partial charge in [-0.15, -0.1) is 11.3 Å². The maximum Gasteiger partial charge on any atom is 0.259 e. The van der Waals surface area contributed by atoms with Crippen molar-refractivity contribution in [3.05, 3.63) is 93.8 Å². The number of ketones is 1. The molecule has 3 aromatic rings. The molecule has 0 saturated carbocycles. The molecule has 1 aromatic heterocycles. The first-order chi connectivity index (χ1) is 14.2. The first kappa shape index (κ1) is 17.9. The molecule has 2 heterocycles. The van der Waals surface area contributed by atoms with E-state index in [-0.39, 0.29) is 11.7 Å². The summed E-state index contributed by atoms with van der Waals surface area (Å²) in [4.78, 5) is 29.7. The summed E-state index contributed by atoms with van der Waals surface area (Å²) in [6.45, 7) is 0. The molecule has 0 radical (unpaired) electrons. The van der Waals surface area contributed by atoms with Gasteiger partial charge in [-0.3, -0.25) is 14.5 Å². The minimum absolute atomic E-state index is 0.106. The third-order valence-electron chi connectivity index (χ3n) is 5.49. The first-order valence-electron chi connectivity index (χ1n) is 9.78. The van der Waals surface area contributed by atoms with Crippen LogP contribution in [0.15, 0.2) is 83.4 Å². The summed E-state index contributed by atoms with van der Waals surface area (Å²) in [5.74, 6) is 0.0150. The zero-order valence-corrected chi connectivity index (χ0v) is 16.6. The van der Waals surface area contributed by atoms with Crippen LogP contribution in [0.25, 0.3) is 0 Å². The van der Waals surface area contributed by atoms with Crippen molar-refractivity contribution < 1.29 is 9.59 Å². The van der Waals surface area contributed by atoms with Crippen LogP contribution in [0.4, 0.5) is 11.4 Å². The van der Waals surface area contributed by atoms with E-state index in [1.807, 2.05) is 72.1 Å². The molecular weight excluding hydrogens is 380 g/mol. The molecule has 5 rings (SSSR count). The van der Waals surface area contributed by atoms with E-state index in [1.165, 1.54) is 0 Å². The molecule has 0 bridgehead atoms. The van der Waals surface area contributed by atoms with Crippen LogP contribution < -0.4 is 10.2 Å². The van der Waals surface area contributed by atoms with Gasteiger partial charge in [0.25, 0.3) is 5.91 Å². The zero-order chi connectivity index (χ0) is 19.8. The second-order valence-electron chi connectivity index (χ2n) is 7.27. The second kappa shape index (κ2) is 7.33. The van der Waals surface area contributed by atoms with Gasteiger partial charge in [-0.1, -0.05) is 36.4 Å². The number of Topliss-reactive ketones (excluding diaryl/α,β-unsaturated/α-hetero) is 1. The molecule has 0 saturated heterocycles. The van der Waals surface area contributed by atoms with Gasteiger partial charge in [0.05, 0.1) is 11.4 Å². The van der Waals surface area contributed by atoms with E-state index in [2.05, 4.69) is 5.32 Å². The normalized spacial score (nSPS) is 18.6. The van der Waals surface area contributed by atoms with E-state index in [4.69, 9.17) is 0 Å². The van der Waals surface area contributed by atoms with E-state index >= 15 is 0 Å². The number of benzene rings is 2. The highest BCUT2D eigenvalue weighted by Gasteiger charge is 2.40. The van der Waals surface area contributed by atoms with Crippen molar-refractivity contribution in [1.82, 2.24) is 0 Å². The van der Waals surface area contributed by atoms with Crippen LogP contribution in [0, 0.1) is 0 Å². The maximum atomic E-state index is 13.8. The van der Waals surface area contributed by atoms with Crippen molar-refractivity contribution in [3.63, 3.8) is 0 Å². The standard InChI is InChI=1S/C24H20N2O2S/c27-20-13-6-11-18-22(20)23(21-14-7-15-29-21)26(19-12-5-4-10-17(19)25-18)24(28)16-8-2-1-3-9-16/h1-5,7-10,12,14-15,23,25H,6,11,13H2/t23-/m1/s1. The van der Waals surface area contributed by atoms with E-state index < -0.39 is 6.04 Å². The lowest BCUT2D eigenvalue weighted by atomic mass is 9.88. The van der Waals surface area contributed by atoms with Gasteiger partial charge >= 0.3 is 0 Å². The number of para-hydroxylation sites is 2. The van der Waals surface area contributed by atoms with Gasteiger partial charge in [0, 0.05) is 28.1 Å². The number of carbonyl (C=O) groups excluding carboxylic acids is 2. The number of nitrogens with zero attached hydrogens (tertiary/aromatic N) is 1. The fraction of sp³-hybridized carbons (Fsp3) is 0.167. The molecule has 5 heteroatoms. The molecule has 0 fully saturated rings. The lowest BCUT2D eigenvalue weighted by molar-refractivity contribution is -0.116. The highest BCUT2D eigenvalue weighted by atomic mass is 32.1. The number of rotatable bonds is 2. The van der Waals surface area contributed by atoms with E-state index in [1.54, 1.807) is 16.2 Å². The Morgan fingerprint density at radius 3 is 2.55 bits per heavy atom. The molecule has 0 unspecified atom stereocenters. The Morgan fingerprint density at radius 1 is 0.966 bits per heavy atom. The van der Waals surface area contributed by atoms with E-state index in [0.29, 0.717) is 12.0 Å². The van der Waals surface area contributed by atoms with Crippen molar-refractivity contribution in [2.24, 2.45) is 0 Å². The Morgan fingerprint density at radius 2 is 1.76 bits per heavy atom. The monoisotopic (exact) mass is 400 g/mol. The number of anilines is 2. The fourth-order valence-corrected chi connectivity index (χ4v) is 5.02. The van der Waals surface area contributed by atoms with Gasteiger partial charge in [0.15, 0.2) is 5.78 Å². The molecular formula is C24H20N2O2S. The summed E-state index contributed by atoms with van der Waals surface area (Å²) in [5.41, 5.74) is 3.92. The number of fused-ring (bicyclic) bond motifs is 1. The molecule has 2 aliphatic rings. The Labute approximate surface area is 173 Å². The van der Waals surface area contributed by atoms with E-state index in [9.17, 15) is 9.59 Å². The predicted molar refractivity (Wildman–Crippen MR) is 116 cm³/mol.